The fourth-order valence-electron chi connectivity index (χ4n) is 2.25. The van der Waals surface area contributed by atoms with Gasteiger partial charge in [0.25, 0.3) is 10.0 Å². The Labute approximate surface area is 147 Å². The highest BCUT2D eigenvalue weighted by Crippen LogP contribution is 2.24. The number of nitrogens with one attached hydrogen (secondary N) is 2. The molecule has 0 spiro atoms. The minimum absolute atomic E-state index is 0.216. The third kappa shape index (κ3) is 3.85. The third-order valence-corrected chi connectivity index (χ3v) is 5.78. The van der Waals surface area contributed by atoms with Crippen LogP contribution in [0.3, 0.4) is 0 Å². The summed E-state index contributed by atoms with van der Waals surface area (Å²) in [7, 11) is -2.09. The SMILES string of the molecule is CN(c1ccccc1)S(=O)(=O)c1cccc(NC(=S)NC2CC2)c1. The van der Waals surface area contributed by atoms with Gasteiger partial charge in [0.15, 0.2) is 5.11 Å². The first-order valence-corrected chi connectivity index (χ1v) is 9.53. The number of rotatable bonds is 5. The summed E-state index contributed by atoms with van der Waals surface area (Å²) < 4.78 is 26.9. The summed E-state index contributed by atoms with van der Waals surface area (Å²) in [6.07, 6.45) is 2.25. The highest BCUT2D eigenvalue weighted by atomic mass is 32.2. The standard InChI is InChI=1S/C17H19N3O2S2/c1-20(15-7-3-2-4-8-15)24(21,22)16-9-5-6-14(12-16)19-17(23)18-13-10-11-13/h2-9,12-13H,10-11H2,1H3,(H2,18,19,23). The lowest BCUT2D eigenvalue weighted by molar-refractivity contribution is 0.594. The lowest BCUT2D eigenvalue weighted by Gasteiger charge is -2.20. The molecule has 7 heteroatoms. The summed E-state index contributed by atoms with van der Waals surface area (Å²) in [5.41, 5.74) is 1.26. The van der Waals surface area contributed by atoms with Gasteiger partial charge in [-0.1, -0.05) is 24.3 Å². The van der Waals surface area contributed by atoms with E-state index in [1.165, 1.54) is 4.31 Å². The van der Waals surface area contributed by atoms with Crippen LogP contribution in [0.1, 0.15) is 12.8 Å². The Hall–Kier alpha value is -2.12. The second kappa shape index (κ2) is 6.78. The van der Waals surface area contributed by atoms with Crippen molar-refractivity contribution < 1.29 is 8.42 Å². The summed E-state index contributed by atoms with van der Waals surface area (Å²) in [6, 6.07) is 16.1. The molecule has 126 valence electrons. The molecule has 0 aromatic heterocycles. The van der Waals surface area contributed by atoms with E-state index in [1.54, 1.807) is 55.6 Å². The molecule has 0 heterocycles. The number of hydrogen-bond acceptors (Lipinski definition) is 3. The summed E-state index contributed by atoms with van der Waals surface area (Å²) in [5, 5.41) is 6.73. The van der Waals surface area contributed by atoms with E-state index >= 15 is 0 Å². The molecule has 5 nitrogen and oxygen atoms in total. The molecule has 0 amide bonds. The molecule has 1 aliphatic rings. The van der Waals surface area contributed by atoms with Gasteiger partial charge in [0.2, 0.25) is 0 Å². The highest BCUT2D eigenvalue weighted by molar-refractivity contribution is 7.92. The van der Waals surface area contributed by atoms with Crippen LogP contribution < -0.4 is 14.9 Å². The highest BCUT2D eigenvalue weighted by Gasteiger charge is 2.23. The maximum atomic E-state index is 12.8. The van der Waals surface area contributed by atoms with Crippen molar-refractivity contribution in [2.24, 2.45) is 0 Å². The van der Waals surface area contributed by atoms with Gasteiger partial charge in [-0.2, -0.15) is 0 Å². The minimum Gasteiger partial charge on any atom is -0.360 e. The van der Waals surface area contributed by atoms with Crippen molar-refractivity contribution in [2.45, 2.75) is 23.8 Å². The number of nitrogens with zero attached hydrogens (tertiary/aromatic N) is 1. The van der Waals surface area contributed by atoms with E-state index in [0.717, 1.165) is 12.8 Å². The molecule has 1 saturated carbocycles. The van der Waals surface area contributed by atoms with Crippen molar-refractivity contribution in [3.8, 4) is 0 Å². The molecule has 3 rings (SSSR count). The fraction of sp³-hybridized carbons (Fsp3) is 0.235. The van der Waals surface area contributed by atoms with Gasteiger partial charge < -0.3 is 10.6 Å². The zero-order valence-electron chi connectivity index (χ0n) is 13.3. The summed E-state index contributed by atoms with van der Waals surface area (Å²) >= 11 is 5.24. The largest absolute Gasteiger partial charge is 0.360 e. The first-order valence-electron chi connectivity index (χ1n) is 7.68. The average Bonchev–Trinajstić information content (AvgIpc) is 3.39. The number of para-hydroxylation sites is 1. The minimum atomic E-state index is -3.63. The summed E-state index contributed by atoms with van der Waals surface area (Å²) in [5.74, 6) is 0. The maximum absolute atomic E-state index is 12.8. The van der Waals surface area contributed by atoms with E-state index in [2.05, 4.69) is 10.6 Å². The van der Waals surface area contributed by atoms with Crippen molar-refractivity contribution >= 4 is 38.7 Å². The molecule has 0 aliphatic heterocycles. The molecule has 0 radical (unpaired) electrons. The Bertz CT molecular complexity index is 834. The Morgan fingerprint density at radius 3 is 2.50 bits per heavy atom. The lowest BCUT2D eigenvalue weighted by atomic mass is 10.3. The molecular formula is C17H19N3O2S2. The molecule has 1 aliphatic carbocycles. The van der Waals surface area contributed by atoms with Crippen LogP contribution in [-0.4, -0.2) is 26.6 Å². The molecule has 2 aromatic carbocycles. The molecule has 0 atom stereocenters. The van der Waals surface area contributed by atoms with Crippen molar-refractivity contribution in [3.63, 3.8) is 0 Å². The van der Waals surface area contributed by atoms with Crippen molar-refractivity contribution in [1.82, 2.24) is 5.32 Å². The number of thiocarbonyl (C=S) groups is 1. The molecule has 2 aromatic rings. The molecule has 0 unspecified atom stereocenters. The second-order valence-electron chi connectivity index (χ2n) is 5.71. The Kier molecular flexibility index (Phi) is 4.73. The van der Waals surface area contributed by atoms with Crippen LogP contribution in [0.4, 0.5) is 11.4 Å². The molecular weight excluding hydrogens is 342 g/mol. The summed E-state index contributed by atoms with van der Waals surface area (Å²) in [6.45, 7) is 0. The lowest BCUT2D eigenvalue weighted by Crippen LogP contribution is -2.30. The fourth-order valence-corrected chi connectivity index (χ4v) is 3.78. The van der Waals surface area contributed by atoms with Crippen LogP contribution in [0.25, 0.3) is 0 Å². The van der Waals surface area contributed by atoms with E-state index in [9.17, 15) is 8.42 Å². The number of benzene rings is 2. The maximum Gasteiger partial charge on any atom is 0.264 e. The van der Waals surface area contributed by atoms with Crippen LogP contribution in [0, 0.1) is 0 Å². The van der Waals surface area contributed by atoms with Crippen LogP contribution in [0.15, 0.2) is 59.5 Å². The van der Waals surface area contributed by atoms with Gasteiger partial charge in [-0.15, -0.1) is 0 Å². The van der Waals surface area contributed by atoms with Crippen molar-refractivity contribution in [1.29, 1.82) is 0 Å². The molecule has 2 N–H and O–H groups in total. The Balaban J connectivity index is 1.80. The van der Waals surface area contributed by atoms with Gasteiger partial charge in [-0.05, 0) is 55.4 Å². The molecule has 1 fully saturated rings. The van der Waals surface area contributed by atoms with Crippen molar-refractivity contribution in [2.75, 3.05) is 16.7 Å². The van der Waals surface area contributed by atoms with Gasteiger partial charge in [0.05, 0.1) is 10.6 Å². The molecule has 0 saturated heterocycles. The van der Waals surface area contributed by atoms with Gasteiger partial charge in [0, 0.05) is 18.8 Å². The topological polar surface area (TPSA) is 61.4 Å². The zero-order valence-corrected chi connectivity index (χ0v) is 14.9. The van der Waals surface area contributed by atoms with Crippen LogP contribution in [0.5, 0.6) is 0 Å². The molecule has 0 bridgehead atoms. The third-order valence-electron chi connectivity index (χ3n) is 3.78. The molecule has 24 heavy (non-hydrogen) atoms. The number of sulfonamides is 1. The van der Waals surface area contributed by atoms with E-state index in [0.29, 0.717) is 22.5 Å². The average molecular weight is 361 g/mol. The van der Waals surface area contributed by atoms with E-state index in [-0.39, 0.29) is 4.90 Å². The normalized spacial score (nSPS) is 14.0. The van der Waals surface area contributed by atoms with Crippen molar-refractivity contribution in [3.05, 3.63) is 54.6 Å². The monoisotopic (exact) mass is 361 g/mol. The number of anilines is 2. The Morgan fingerprint density at radius 1 is 1.12 bits per heavy atom. The predicted octanol–water partition coefficient (Wildman–Crippen LogP) is 2.96. The van der Waals surface area contributed by atoms with Gasteiger partial charge in [-0.3, -0.25) is 4.31 Å². The number of hydrogen-bond donors (Lipinski definition) is 2. The quantitative estimate of drug-likeness (QED) is 0.802. The second-order valence-corrected chi connectivity index (χ2v) is 8.09. The van der Waals surface area contributed by atoms with E-state index < -0.39 is 10.0 Å². The first-order chi connectivity index (χ1) is 11.5. The van der Waals surface area contributed by atoms with Crippen LogP contribution >= 0.6 is 12.2 Å². The smallest absolute Gasteiger partial charge is 0.264 e. The van der Waals surface area contributed by atoms with Crippen LogP contribution in [-0.2, 0) is 10.0 Å². The van der Waals surface area contributed by atoms with E-state index in [1.807, 2.05) is 6.07 Å². The van der Waals surface area contributed by atoms with E-state index in [4.69, 9.17) is 12.2 Å². The zero-order chi connectivity index (χ0) is 17.2. The predicted molar refractivity (Wildman–Crippen MR) is 101 cm³/mol. The van der Waals surface area contributed by atoms with Gasteiger partial charge in [-0.25, -0.2) is 8.42 Å². The van der Waals surface area contributed by atoms with Gasteiger partial charge in [0.1, 0.15) is 0 Å². The first kappa shape index (κ1) is 16.7. The summed E-state index contributed by atoms with van der Waals surface area (Å²) in [4.78, 5) is 0.216. The van der Waals surface area contributed by atoms with Crippen LogP contribution in [0.2, 0.25) is 0 Å². The Morgan fingerprint density at radius 2 is 1.83 bits per heavy atom. The van der Waals surface area contributed by atoms with Gasteiger partial charge >= 0.3 is 0 Å².